The Labute approximate surface area is 184 Å². The maximum absolute atomic E-state index is 12.2. The lowest BCUT2D eigenvalue weighted by atomic mass is 10.1. The Morgan fingerprint density at radius 3 is 2.77 bits per heavy atom. The Morgan fingerprint density at radius 2 is 1.94 bits per heavy atom. The van der Waals surface area contributed by atoms with Gasteiger partial charge in [0.15, 0.2) is 0 Å². The quantitative estimate of drug-likeness (QED) is 0.402. The fourth-order valence-electron chi connectivity index (χ4n) is 3.17. The van der Waals surface area contributed by atoms with Gasteiger partial charge in [-0.15, -0.1) is 10.2 Å². The van der Waals surface area contributed by atoms with Crippen molar-refractivity contribution in [3.8, 4) is 5.75 Å². The third-order valence-electron chi connectivity index (χ3n) is 4.72. The average molecular weight is 435 g/mol. The molecule has 8 heteroatoms. The second-order valence-corrected chi connectivity index (χ2v) is 7.79. The molecule has 2 heterocycles. The van der Waals surface area contributed by atoms with E-state index in [1.807, 2.05) is 54.6 Å². The Kier molecular flexibility index (Phi) is 6.78. The standard InChI is InChI=1S/C23H22N4O3S/c1-29-19-9-7-16(8-10-19)14-21-26-27-23(30-21)31-15-20(28)24-13-11-18-5-2-4-17-6-3-12-25-22(17)18/h2-10,12H,11,13-15H2,1H3,(H,24,28). The first kappa shape index (κ1) is 20.9. The second kappa shape index (κ2) is 10.1. The molecule has 2 aromatic heterocycles. The summed E-state index contributed by atoms with van der Waals surface area (Å²) in [6, 6.07) is 17.7. The highest BCUT2D eigenvalue weighted by Crippen LogP contribution is 2.19. The number of benzene rings is 2. The summed E-state index contributed by atoms with van der Waals surface area (Å²) in [5.41, 5.74) is 3.14. The van der Waals surface area contributed by atoms with E-state index in [4.69, 9.17) is 9.15 Å². The zero-order valence-electron chi connectivity index (χ0n) is 17.1. The average Bonchev–Trinajstić information content (AvgIpc) is 3.25. The van der Waals surface area contributed by atoms with Gasteiger partial charge >= 0.3 is 0 Å². The molecule has 0 saturated heterocycles. The van der Waals surface area contributed by atoms with E-state index in [1.54, 1.807) is 13.3 Å². The van der Waals surface area contributed by atoms with Gasteiger partial charge in [0, 0.05) is 18.1 Å². The number of rotatable bonds is 9. The van der Waals surface area contributed by atoms with Crippen LogP contribution < -0.4 is 10.1 Å². The van der Waals surface area contributed by atoms with Crippen molar-refractivity contribution in [1.29, 1.82) is 0 Å². The number of ether oxygens (including phenoxy) is 1. The topological polar surface area (TPSA) is 90.1 Å². The number of aromatic nitrogens is 3. The van der Waals surface area contributed by atoms with E-state index in [1.165, 1.54) is 11.8 Å². The summed E-state index contributed by atoms with van der Waals surface area (Å²) < 4.78 is 10.8. The number of hydrogen-bond acceptors (Lipinski definition) is 7. The molecule has 0 radical (unpaired) electrons. The normalized spacial score (nSPS) is 10.9. The number of nitrogens with zero attached hydrogens (tertiary/aromatic N) is 3. The zero-order valence-corrected chi connectivity index (χ0v) is 17.9. The molecule has 0 unspecified atom stereocenters. The molecule has 0 saturated carbocycles. The van der Waals surface area contributed by atoms with Crippen LogP contribution in [0.4, 0.5) is 0 Å². The summed E-state index contributed by atoms with van der Waals surface area (Å²) in [7, 11) is 1.63. The van der Waals surface area contributed by atoms with Gasteiger partial charge in [-0.3, -0.25) is 9.78 Å². The minimum absolute atomic E-state index is 0.0758. The van der Waals surface area contributed by atoms with Gasteiger partial charge in [-0.2, -0.15) is 0 Å². The number of methoxy groups -OCH3 is 1. The molecule has 0 bridgehead atoms. The maximum atomic E-state index is 12.2. The molecule has 4 aromatic rings. The molecule has 7 nitrogen and oxygen atoms in total. The summed E-state index contributed by atoms with van der Waals surface area (Å²) in [4.78, 5) is 16.6. The SMILES string of the molecule is COc1ccc(Cc2nnc(SCC(=O)NCCc3cccc4cccnc34)o2)cc1. The van der Waals surface area contributed by atoms with E-state index < -0.39 is 0 Å². The van der Waals surface area contributed by atoms with Crippen molar-refractivity contribution in [2.24, 2.45) is 0 Å². The number of carbonyl (C=O) groups excluding carboxylic acids is 1. The van der Waals surface area contributed by atoms with Crippen molar-refractivity contribution in [3.05, 3.63) is 77.8 Å². The summed E-state index contributed by atoms with van der Waals surface area (Å²) in [6.07, 6.45) is 3.04. The van der Waals surface area contributed by atoms with Gasteiger partial charge in [-0.25, -0.2) is 0 Å². The Hall–Kier alpha value is -3.39. The summed E-state index contributed by atoms with van der Waals surface area (Å²) >= 11 is 1.23. The van der Waals surface area contributed by atoms with Crippen LogP contribution in [-0.2, 0) is 17.6 Å². The van der Waals surface area contributed by atoms with Crippen molar-refractivity contribution in [2.45, 2.75) is 18.1 Å². The van der Waals surface area contributed by atoms with Gasteiger partial charge in [-0.1, -0.05) is 48.2 Å². The van der Waals surface area contributed by atoms with Crippen molar-refractivity contribution >= 4 is 28.6 Å². The smallest absolute Gasteiger partial charge is 0.277 e. The molecule has 2 aromatic carbocycles. The molecule has 0 fully saturated rings. The Bertz CT molecular complexity index is 1160. The Morgan fingerprint density at radius 1 is 1.10 bits per heavy atom. The first-order valence-corrected chi connectivity index (χ1v) is 10.9. The van der Waals surface area contributed by atoms with E-state index in [0.29, 0.717) is 24.1 Å². The molecule has 158 valence electrons. The molecule has 31 heavy (non-hydrogen) atoms. The fraction of sp³-hybridized carbons (Fsp3) is 0.217. The zero-order chi connectivity index (χ0) is 21.5. The summed E-state index contributed by atoms with van der Waals surface area (Å²) in [6.45, 7) is 0.543. The molecule has 0 atom stereocenters. The Balaban J connectivity index is 1.22. The molecule has 1 N–H and O–H groups in total. The molecule has 0 aliphatic heterocycles. The number of pyridine rings is 1. The molecule has 0 spiro atoms. The lowest BCUT2D eigenvalue weighted by Gasteiger charge is -2.07. The monoisotopic (exact) mass is 434 g/mol. The lowest BCUT2D eigenvalue weighted by Crippen LogP contribution is -2.27. The maximum Gasteiger partial charge on any atom is 0.277 e. The number of amides is 1. The number of fused-ring (bicyclic) bond motifs is 1. The predicted octanol–water partition coefficient (Wildman–Crippen LogP) is 3.67. The molecule has 0 aliphatic rings. The first-order chi connectivity index (χ1) is 15.2. The van der Waals surface area contributed by atoms with Crippen LogP contribution >= 0.6 is 11.8 Å². The highest BCUT2D eigenvalue weighted by molar-refractivity contribution is 7.99. The third-order valence-corrected chi connectivity index (χ3v) is 5.54. The molecule has 4 rings (SSSR count). The molecular formula is C23H22N4O3S. The second-order valence-electron chi connectivity index (χ2n) is 6.87. The summed E-state index contributed by atoms with van der Waals surface area (Å²) in [5.74, 6) is 1.45. The molecule has 1 amide bonds. The van der Waals surface area contributed by atoms with E-state index in [2.05, 4.69) is 20.5 Å². The predicted molar refractivity (Wildman–Crippen MR) is 119 cm³/mol. The van der Waals surface area contributed by atoms with Crippen molar-refractivity contribution < 1.29 is 13.9 Å². The summed E-state index contributed by atoms with van der Waals surface area (Å²) in [5, 5.41) is 12.5. The molecule has 0 aliphatic carbocycles. The van der Waals surface area contributed by atoms with Crippen LogP contribution in [0.25, 0.3) is 10.9 Å². The minimum Gasteiger partial charge on any atom is -0.497 e. The van der Waals surface area contributed by atoms with E-state index in [-0.39, 0.29) is 11.7 Å². The van der Waals surface area contributed by atoms with Crippen LogP contribution in [0.1, 0.15) is 17.0 Å². The van der Waals surface area contributed by atoms with E-state index >= 15 is 0 Å². The van der Waals surface area contributed by atoms with Crippen LogP contribution in [0.2, 0.25) is 0 Å². The van der Waals surface area contributed by atoms with E-state index in [9.17, 15) is 4.79 Å². The van der Waals surface area contributed by atoms with Gasteiger partial charge < -0.3 is 14.5 Å². The number of nitrogens with one attached hydrogen (secondary N) is 1. The highest BCUT2D eigenvalue weighted by atomic mass is 32.2. The highest BCUT2D eigenvalue weighted by Gasteiger charge is 2.11. The van der Waals surface area contributed by atoms with Gasteiger partial charge in [0.05, 0.1) is 24.8 Å². The van der Waals surface area contributed by atoms with E-state index in [0.717, 1.165) is 34.2 Å². The number of carbonyl (C=O) groups is 1. The first-order valence-electron chi connectivity index (χ1n) is 9.89. The van der Waals surface area contributed by atoms with Gasteiger partial charge in [0.1, 0.15) is 5.75 Å². The van der Waals surface area contributed by atoms with Crippen LogP contribution in [0.3, 0.4) is 0 Å². The van der Waals surface area contributed by atoms with Crippen LogP contribution in [0.15, 0.2) is 70.4 Å². The van der Waals surface area contributed by atoms with Crippen LogP contribution in [0, 0.1) is 0 Å². The lowest BCUT2D eigenvalue weighted by molar-refractivity contribution is -0.118. The third kappa shape index (κ3) is 5.61. The van der Waals surface area contributed by atoms with Gasteiger partial charge in [0.25, 0.3) is 5.22 Å². The number of para-hydroxylation sites is 1. The van der Waals surface area contributed by atoms with Crippen molar-refractivity contribution in [1.82, 2.24) is 20.5 Å². The van der Waals surface area contributed by atoms with Crippen LogP contribution in [0.5, 0.6) is 5.75 Å². The number of thioether (sulfide) groups is 1. The van der Waals surface area contributed by atoms with Crippen molar-refractivity contribution in [3.63, 3.8) is 0 Å². The number of hydrogen-bond donors (Lipinski definition) is 1. The molecular weight excluding hydrogens is 412 g/mol. The van der Waals surface area contributed by atoms with Gasteiger partial charge in [-0.05, 0) is 35.7 Å². The largest absolute Gasteiger partial charge is 0.497 e. The fourth-order valence-corrected chi connectivity index (χ4v) is 3.78. The van der Waals surface area contributed by atoms with Crippen LogP contribution in [-0.4, -0.2) is 40.5 Å². The minimum atomic E-state index is -0.0758. The van der Waals surface area contributed by atoms with Gasteiger partial charge in [0.2, 0.25) is 11.8 Å². The van der Waals surface area contributed by atoms with Crippen molar-refractivity contribution in [2.75, 3.05) is 19.4 Å².